The summed E-state index contributed by atoms with van der Waals surface area (Å²) >= 11 is 1.73. The molecule has 122 valence electrons. The van der Waals surface area contributed by atoms with Crippen LogP contribution in [-0.4, -0.2) is 67.8 Å². The maximum atomic E-state index is 12.4. The summed E-state index contributed by atoms with van der Waals surface area (Å²) in [5.41, 5.74) is 1.38. The minimum atomic E-state index is 0.0819. The molecule has 0 aromatic carbocycles. The maximum absolute atomic E-state index is 12.4. The van der Waals surface area contributed by atoms with Gasteiger partial charge in [-0.3, -0.25) is 4.90 Å². The van der Waals surface area contributed by atoms with Crippen molar-refractivity contribution in [2.75, 3.05) is 45.9 Å². The quantitative estimate of drug-likeness (QED) is 0.921. The first-order valence-corrected chi connectivity index (χ1v) is 9.05. The molecule has 1 N–H and O–H groups in total. The van der Waals surface area contributed by atoms with Crippen LogP contribution in [0.5, 0.6) is 0 Å². The van der Waals surface area contributed by atoms with E-state index < -0.39 is 0 Å². The number of likely N-dealkylation sites (tertiary alicyclic amines) is 1. The fourth-order valence-electron chi connectivity index (χ4n) is 3.31. The Bertz CT molecular complexity index is 474. The fourth-order valence-corrected chi connectivity index (χ4v) is 4.05. The zero-order chi connectivity index (χ0) is 15.4. The minimum absolute atomic E-state index is 0.0819. The second-order valence-corrected chi connectivity index (χ2v) is 6.96. The molecule has 3 rings (SSSR count). The van der Waals surface area contributed by atoms with Gasteiger partial charge in [-0.1, -0.05) is 0 Å². The van der Waals surface area contributed by atoms with Crippen molar-refractivity contribution in [1.82, 2.24) is 15.1 Å². The monoisotopic (exact) mass is 323 g/mol. The van der Waals surface area contributed by atoms with Crippen LogP contribution in [0.1, 0.15) is 24.8 Å². The molecule has 0 bridgehead atoms. The van der Waals surface area contributed by atoms with Crippen molar-refractivity contribution in [2.45, 2.75) is 25.3 Å². The summed E-state index contributed by atoms with van der Waals surface area (Å²) in [4.78, 5) is 16.7. The molecule has 2 atom stereocenters. The van der Waals surface area contributed by atoms with E-state index in [1.165, 1.54) is 5.56 Å². The van der Waals surface area contributed by atoms with Gasteiger partial charge in [0.1, 0.15) is 0 Å². The number of nitrogens with one attached hydrogen (secondary N) is 1. The van der Waals surface area contributed by atoms with Gasteiger partial charge in [-0.25, -0.2) is 4.79 Å². The first kappa shape index (κ1) is 15.8. The summed E-state index contributed by atoms with van der Waals surface area (Å²) in [6.45, 7) is 8.15. The number of morpholine rings is 1. The van der Waals surface area contributed by atoms with Crippen LogP contribution in [0, 0.1) is 0 Å². The summed E-state index contributed by atoms with van der Waals surface area (Å²) < 4.78 is 5.33. The van der Waals surface area contributed by atoms with Gasteiger partial charge in [0.15, 0.2) is 0 Å². The van der Waals surface area contributed by atoms with Crippen molar-refractivity contribution in [3.63, 3.8) is 0 Å². The Hall–Kier alpha value is -1.11. The van der Waals surface area contributed by atoms with Crippen molar-refractivity contribution in [3.05, 3.63) is 22.4 Å². The minimum Gasteiger partial charge on any atom is -0.379 e. The Morgan fingerprint density at radius 3 is 3.00 bits per heavy atom. The van der Waals surface area contributed by atoms with E-state index in [9.17, 15) is 4.79 Å². The molecule has 0 spiro atoms. The highest BCUT2D eigenvalue weighted by atomic mass is 32.1. The normalized spacial score (nSPS) is 26.3. The molecule has 0 aliphatic carbocycles. The van der Waals surface area contributed by atoms with Gasteiger partial charge in [0.05, 0.1) is 13.2 Å². The number of nitrogens with zero attached hydrogens (tertiary/aromatic N) is 2. The van der Waals surface area contributed by atoms with Crippen LogP contribution >= 0.6 is 11.3 Å². The molecule has 2 amide bonds. The third kappa shape index (κ3) is 3.80. The van der Waals surface area contributed by atoms with E-state index in [4.69, 9.17) is 4.74 Å². The van der Waals surface area contributed by atoms with Crippen LogP contribution in [0.3, 0.4) is 0 Å². The molecule has 0 radical (unpaired) electrons. The SMILES string of the molecule is CC1CC(c2ccsc2)CN1C(=O)NCCN1CCOCC1. The lowest BCUT2D eigenvalue weighted by molar-refractivity contribution is 0.0386. The maximum Gasteiger partial charge on any atom is 0.317 e. The van der Waals surface area contributed by atoms with E-state index in [1.807, 2.05) is 4.90 Å². The van der Waals surface area contributed by atoms with E-state index in [-0.39, 0.29) is 6.03 Å². The molecular weight excluding hydrogens is 298 g/mol. The van der Waals surface area contributed by atoms with Gasteiger partial charge in [0, 0.05) is 44.7 Å². The fraction of sp³-hybridized carbons (Fsp3) is 0.688. The Morgan fingerprint density at radius 2 is 2.27 bits per heavy atom. The van der Waals surface area contributed by atoms with Gasteiger partial charge in [0.2, 0.25) is 0 Å². The van der Waals surface area contributed by atoms with Crippen molar-refractivity contribution in [2.24, 2.45) is 0 Å². The number of hydrogen-bond acceptors (Lipinski definition) is 4. The zero-order valence-corrected chi connectivity index (χ0v) is 14.0. The molecule has 2 aliphatic heterocycles. The molecule has 0 saturated carbocycles. The van der Waals surface area contributed by atoms with Crippen molar-refractivity contribution < 1.29 is 9.53 Å². The van der Waals surface area contributed by atoms with E-state index in [0.29, 0.717) is 18.5 Å². The Labute approximate surface area is 136 Å². The van der Waals surface area contributed by atoms with Gasteiger partial charge in [-0.2, -0.15) is 11.3 Å². The number of ether oxygens (including phenoxy) is 1. The van der Waals surface area contributed by atoms with E-state index >= 15 is 0 Å². The summed E-state index contributed by atoms with van der Waals surface area (Å²) in [5.74, 6) is 0.492. The molecule has 3 heterocycles. The largest absolute Gasteiger partial charge is 0.379 e. The highest BCUT2D eigenvalue weighted by Gasteiger charge is 2.33. The van der Waals surface area contributed by atoms with Crippen LogP contribution in [0.15, 0.2) is 16.8 Å². The second kappa shape index (κ2) is 7.44. The predicted molar refractivity (Wildman–Crippen MR) is 88.5 cm³/mol. The number of carbonyl (C=O) groups excluding carboxylic acids is 1. The smallest absolute Gasteiger partial charge is 0.317 e. The second-order valence-electron chi connectivity index (χ2n) is 6.18. The topological polar surface area (TPSA) is 44.8 Å². The first-order chi connectivity index (χ1) is 10.7. The number of hydrogen-bond donors (Lipinski definition) is 1. The Balaban J connectivity index is 1.43. The first-order valence-electron chi connectivity index (χ1n) is 8.10. The summed E-state index contributed by atoms with van der Waals surface area (Å²) in [6.07, 6.45) is 1.06. The average Bonchev–Trinajstić information content (AvgIpc) is 3.17. The van der Waals surface area contributed by atoms with Crippen molar-refractivity contribution in [3.8, 4) is 0 Å². The average molecular weight is 323 g/mol. The number of amides is 2. The molecule has 2 saturated heterocycles. The van der Waals surface area contributed by atoms with Crippen LogP contribution in [-0.2, 0) is 4.74 Å². The molecule has 1 aromatic heterocycles. The van der Waals surface area contributed by atoms with Gasteiger partial charge >= 0.3 is 6.03 Å². The van der Waals surface area contributed by atoms with Gasteiger partial charge in [-0.15, -0.1) is 0 Å². The van der Waals surface area contributed by atoms with Crippen LogP contribution in [0.2, 0.25) is 0 Å². The van der Waals surface area contributed by atoms with Gasteiger partial charge in [-0.05, 0) is 35.7 Å². The van der Waals surface area contributed by atoms with E-state index in [0.717, 1.165) is 45.8 Å². The lowest BCUT2D eigenvalue weighted by atomic mass is 10.00. The lowest BCUT2D eigenvalue weighted by Crippen LogP contribution is -2.46. The molecule has 1 aromatic rings. The molecule has 2 unspecified atom stereocenters. The molecule has 5 nitrogen and oxygen atoms in total. The summed E-state index contributed by atoms with van der Waals surface area (Å²) in [6, 6.07) is 2.58. The van der Waals surface area contributed by atoms with Crippen molar-refractivity contribution in [1.29, 1.82) is 0 Å². The van der Waals surface area contributed by atoms with E-state index in [2.05, 4.69) is 34.0 Å². The third-order valence-corrected chi connectivity index (χ3v) is 5.36. The number of carbonyl (C=O) groups is 1. The van der Waals surface area contributed by atoms with Gasteiger partial charge < -0.3 is 15.0 Å². The highest BCUT2D eigenvalue weighted by Crippen LogP contribution is 2.32. The third-order valence-electron chi connectivity index (χ3n) is 4.66. The standard InChI is InChI=1S/C16H25N3O2S/c1-13-10-15(14-2-9-22-12-14)11-19(13)16(20)17-3-4-18-5-7-21-8-6-18/h2,9,12-13,15H,3-8,10-11H2,1H3,(H,17,20). The molecular formula is C16H25N3O2S. The summed E-state index contributed by atoms with van der Waals surface area (Å²) in [5, 5.41) is 7.40. The van der Waals surface area contributed by atoms with Gasteiger partial charge in [0.25, 0.3) is 0 Å². The summed E-state index contributed by atoms with van der Waals surface area (Å²) in [7, 11) is 0. The molecule has 6 heteroatoms. The Morgan fingerprint density at radius 1 is 1.45 bits per heavy atom. The van der Waals surface area contributed by atoms with Crippen LogP contribution in [0.4, 0.5) is 4.79 Å². The van der Waals surface area contributed by atoms with Crippen LogP contribution in [0.25, 0.3) is 0 Å². The lowest BCUT2D eigenvalue weighted by Gasteiger charge is -2.27. The highest BCUT2D eigenvalue weighted by molar-refractivity contribution is 7.07. The van der Waals surface area contributed by atoms with Crippen molar-refractivity contribution >= 4 is 17.4 Å². The molecule has 2 fully saturated rings. The Kier molecular flexibility index (Phi) is 5.33. The number of rotatable bonds is 4. The zero-order valence-electron chi connectivity index (χ0n) is 13.2. The number of urea groups is 1. The van der Waals surface area contributed by atoms with Crippen LogP contribution < -0.4 is 5.32 Å². The number of thiophene rings is 1. The predicted octanol–water partition coefficient (Wildman–Crippen LogP) is 1.97. The molecule has 22 heavy (non-hydrogen) atoms. The van der Waals surface area contributed by atoms with E-state index in [1.54, 1.807) is 11.3 Å². The molecule has 2 aliphatic rings.